The van der Waals surface area contributed by atoms with Gasteiger partial charge in [0.25, 0.3) is 0 Å². The van der Waals surface area contributed by atoms with E-state index in [1.165, 1.54) is 0 Å². The van der Waals surface area contributed by atoms with Gasteiger partial charge in [0.1, 0.15) is 11.9 Å². The molecule has 0 spiro atoms. The van der Waals surface area contributed by atoms with Gasteiger partial charge in [0.05, 0.1) is 11.3 Å². The molecule has 2 heterocycles. The van der Waals surface area contributed by atoms with Gasteiger partial charge in [0.15, 0.2) is 5.65 Å². The molecule has 0 N–H and O–H groups in total. The van der Waals surface area contributed by atoms with Gasteiger partial charge in [0.2, 0.25) is 0 Å². The molecule has 0 radical (unpaired) electrons. The maximum absolute atomic E-state index is 9.11. The fourth-order valence-electron chi connectivity index (χ4n) is 2.02. The Balaban J connectivity index is 2.34. The molecule has 0 unspecified atom stereocenters. The van der Waals surface area contributed by atoms with E-state index in [0.29, 0.717) is 17.0 Å². The van der Waals surface area contributed by atoms with Gasteiger partial charge in [0, 0.05) is 10.0 Å². The second kappa shape index (κ2) is 4.48. The summed E-state index contributed by atoms with van der Waals surface area (Å²) in [6.45, 7) is 1.82. The third-order valence-corrected chi connectivity index (χ3v) is 3.32. The summed E-state index contributed by atoms with van der Waals surface area (Å²) in [5.41, 5.74) is 3.06. The van der Waals surface area contributed by atoms with E-state index in [1.54, 1.807) is 10.6 Å². The molecule has 1 aromatic carbocycles. The van der Waals surface area contributed by atoms with Gasteiger partial charge in [-0.1, -0.05) is 28.1 Å². The largest absolute Gasteiger partial charge is 0.212 e. The lowest BCUT2D eigenvalue weighted by atomic mass is 10.1. The van der Waals surface area contributed by atoms with Crippen LogP contribution in [-0.4, -0.2) is 14.6 Å². The van der Waals surface area contributed by atoms with Crippen molar-refractivity contribution in [3.8, 4) is 17.3 Å². The Bertz CT molecular complexity index is 814. The number of halogens is 1. The summed E-state index contributed by atoms with van der Waals surface area (Å²) in [7, 11) is 0. The second-order valence-electron chi connectivity index (χ2n) is 4.15. The standard InChI is InChI=1S/C14H9BrN4/c1-9-17-14-11(8-16)5-6-13(19(14)18-9)10-3-2-4-12(15)7-10/h2-7H,1H3. The maximum atomic E-state index is 9.11. The van der Waals surface area contributed by atoms with Crippen LogP contribution in [0.3, 0.4) is 0 Å². The Morgan fingerprint density at radius 2 is 2.11 bits per heavy atom. The minimum absolute atomic E-state index is 0.527. The third kappa shape index (κ3) is 2.00. The molecule has 0 aliphatic rings. The lowest BCUT2D eigenvalue weighted by Gasteiger charge is -2.05. The SMILES string of the molecule is Cc1nc2c(C#N)ccc(-c3cccc(Br)c3)n2n1. The van der Waals surface area contributed by atoms with Gasteiger partial charge >= 0.3 is 0 Å². The van der Waals surface area contributed by atoms with Gasteiger partial charge in [-0.3, -0.25) is 0 Å². The number of nitriles is 1. The highest BCUT2D eigenvalue weighted by atomic mass is 79.9. The summed E-state index contributed by atoms with van der Waals surface area (Å²) in [4.78, 5) is 4.31. The van der Waals surface area contributed by atoms with E-state index in [9.17, 15) is 0 Å². The van der Waals surface area contributed by atoms with Crippen LogP contribution in [0.1, 0.15) is 11.4 Å². The van der Waals surface area contributed by atoms with Crippen LogP contribution in [-0.2, 0) is 0 Å². The van der Waals surface area contributed by atoms with Crippen molar-refractivity contribution < 1.29 is 0 Å². The highest BCUT2D eigenvalue weighted by molar-refractivity contribution is 9.10. The minimum Gasteiger partial charge on any atom is -0.212 e. The molecule has 92 valence electrons. The smallest absolute Gasteiger partial charge is 0.174 e. The predicted octanol–water partition coefficient (Wildman–Crippen LogP) is 3.34. The zero-order chi connectivity index (χ0) is 13.4. The van der Waals surface area contributed by atoms with E-state index in [0.717, 1.165) is 15.7 Å². The number of aryl methyl sites for hydroxylation is 1. The summed E-state index contributed by atoms with van der Waals surface area (Å²) in [5.74, 6) is 0.652. The molecule has 19 heavy (non-hydrogen) atoms. The topological polar surface area (TPSA) is 54.0 Å². The molecule has 3 rings (SSSR count). The molecule has 0 fully saturated rings. The monoisotopic (exact) mass is 312 g/mol. The molecule has 3 aromatic rings. The van der Waals surface area contributed by atoms with Gasteiger partial charge in [-0.15, -0.1) is 0 Å². The first-order chi connectivity index (χ1) is 9.19. The van der Waals surface area contributed by atoms with E-state index in [4.69, 9.17) is 5.26 Å². The molecule has 4 nitrogen and oxygen atoms in total. The number of nitrogens with zero attached hydrogens (tertiary/aromatic N) is 4. The molecule has 2 aromatic heterocycles. The van der Waals surface area contributed by atoms with Crippen molar-refractivity contribution in [2.45, 2.75) is 6.92 Å². The number of aromatic nitrogens is 3. The number of hydrogen-bond donors (Lipinski definition) is 0. The highest BCUT2D eigenvalue weighted by Gasteiger charge is 2.11. The lowest BCUT2D eigenvalue weighted by molar-refractivity contribution is 0.936. The van der Waals surface area contributed by atoms with Crippen molar-refractivity contribution in [2.75, 3.05) is 0 Å². The van der Waals surface area contributed by atoms with Gasteiger partial charge in [-0.25, -0.2) is 9.50 Å². The van der Waals surface area contributed by atoms with Crippen LogP contribution >= 0.6 is 15.9 Å². The number of pyridine rings is 1. The molecule has 5 heteroatoms. The maximum Gasteiger partial charge on any atom is 0.174 e. The van der Waals surface area contributed by atoms with Crippen LogP contribution in [0.2, 0.25) is 0 Å². The fourth-order valence-corrected chi connectivity index (χ4v) is 2.42. The first-order valence-corrected chi connectivity index (χ1v) is 6.51. The van der Waals surface area contributed by atoms with Crippen molar-refractivity contribution in [3.05, 3.63) is 52.3 Å². The Hall–Kier alpha value is -2.19. The van der Waals surface area contributed by atoms with Gasteiger partial charge < -0.3 is 0 Å². The van der Waals surface area contributed by atoms with Crippen molar-refractivity contribution in [1.29, 1.82) is 5.26 Å². The van der Waals surface area contributed by atoms with Crippen molar-refractivity contribution >= 4 is 21.6 Å². The zero-order valence-corrected chi connectivity index (χ0v) is 11.7. The number of fused-ring (bicyclic) bond motifs is 1. The van der Waals surface area contributed by atoms with Crippen LogP contribution in [0.25, 0.3) is 16.9 Å². The van der Waals surface area contributed by atoms with Crippen molar-refractivity contribution in [3.63, 3.8) is 0 Å². The molecule has 0 saturated carbocycles. The average Bonchev–Trinajstić information content (AvgIpc) is 2.78. The molecule has 0 bridgehead atoms. The molecule has 0 aliphatic heterocycles. The summed E-state index contributed by atoms with van der Waals surface area (Å²) in [5, 5.41) is 13.5. The minimum atomic E-state index is 0.527. The Morgan fingerprint density at radius 1 is 1.26 bits per heavy atom. The molecule has 0 amide bonds. The van der Waals surface area contributed by atoms with Crippen molar-refractivity contribution in [1.82, 2.24) is 14.6 Å². The second-order valence-corrected chi connectivity index (χ2v) is 5.06. The molecular weight excluding hydrogens is 304 g/mol. The summed E-state index contributed by atoms with van der Waals surface area (Å²) in [6.07, 6.45) is 0. The lowest BCUT2D eigenvalue weighted by Crippen LogP contribution is -1.96. The Labute approximate surface area is 118 Å². The van der Waals surface area contributed by atoms with E-state index < -0.39 is 0 Å². The van der Waals surface area contributed by atoms with Crippen LogP contribution in [0.5, 0.6) is 0 Å². The molecular formula is C14H9BrN4. The molecule has 0 aliphatic carbocycles. The average molecular weight is 313 g/mol. The van der Waals surface area contributed by atoms with Gasteiger partial charge in [-0.05, 0) is 31.2 Å². The third-order valence-electron chi connectivity index (χ3n) is 2.83. The van der Waals surface area contributed by atoms with Crippen LogP contribution in [0, 0.1) is 18.3 Å². The normalized spacial score (nSPS) is 10.6. The highest BCUT2D eigenvalue weighted by Crippen LogP contribution is 2.24. The fraction of sp³-hybridized carbons (Fsp3) is 0.0714. The van der Waals surface area contributed by atoms with Gasteiger partial charge in [-0.2, -0.15) is 10.4 Å². The van der Waals surface area contributed by atoms with E-state index >= 15 is 0 Å². The van der Waals surface area contributed by atoms with E-state index in [1.807, 2.05) is 37.3 Å². The quantitative estimate of drug-likeness (QED) is 0.692. The summed E-state index contributed by atoms with van der Waals surface area (Å²) in [6, 6.07) is 13.8. The zero-order valence-electron chi connectivity index (χ0n) is 10.1. The first kappa shape index (κ1) is 11.9. The number of hydrogen-bond acceptors (Lipinski definition) is 3. The molecule has 0 saturated heterocycles. The number of rotatable bonds is 1. The van der Waals surface area contributed by atoms with Crippen LogP contribution in [0.15, 0.2) is 40.9 Å². The Morgan fingerprint density at radius 3 is 2.84 bits per heavy atom. The van der Waals surface area contributed by atoms with Crippen LogP contribution < -0.4 is 0 Å². The Kier molecular flexibility index (Phi) is 2.80. The molecule has 0 atom stereocenters. The van der Waals surface area contributed by atoms with Crippen LogP contribution in [0.4, 0.5) is 0 Å². The van der Waals surface area contributed by atoms with Crippen molar-refractivity contribution in [2.24, 2.45) is 0 Å². The predicted molar refractivity (Wildman–Crippen MR) is 75.6 cm³/mol. The number of benzene rings is 1. The summed E-state index contributed by atoms with van der Waals surface area (Å²) < 4.78 is 2.72. The first-order valence-electron chi connectivity index (χ1n) is 5.71. The van der Waals surface area contributed by atoms with E-state index in [2.05, 4.69) is 32.1 Å². The van der Waals surface area contributed by atoms with E-state index in [-0.39, 0.29) is 0 Å². The summed E-state index contributed by atoms with van der Waals surface area (Å²) >= 11 is 3.46.